The van der Waals surface area contributed by atoms with Crippen molar-refractivity contribution in [3.05, 3.63) is 47.0 Å². The molecule has 4 N–H and O–H groups in total. The molecule has 1 atom stereocenters. The molecule has 23 heavy (non-hydrogen) atoms. The van der Waals surface area contributed by atoms with Crippen molar-refractivity contribution in [2.45, 2.75) is 18.9 Å². The number of aromatic hydroxyl groups is 4. The van der Waals surface area contributed by atoms with Gasteiger partial charge in [-0.2, -0.15) is 0 Å². The molecule has 0 aliphatic carbocycles. The standard InChI is InChI=1S/C18H21NO4/c1-19(2)6-5-12-9-17(22)18(23)10-13(12)14(19)7-11-3-4-15(20)16(21)8-11/h3-4,8-10,14H,5-7H2,1-2H3,(H3-,20,21,22,23)/p+1/t14-/m0/s1. The minimum absolute atomic E-state index is 0.0861. The number of quaternary nitrogens is 1. The van der Waals surface area contributed by atoms with Gasteiger partial charge in [-0.1, -0.05) is 6.07 Å². The maximum atomic E-state index is 9.88. The lowest BCUT2D eigenvalue weighted by Gasteiger charge is -2.43. The van der Waals surface area contributed by atoms with Crippen LogP contribution < -0.4 is 0 Å². The van der Waals surface area contributed by atoms with Gasteiger partial charge in [0.15, 0.2) is 23.0 Å². The first-order chi connectivity index (χ1) is 10.8. The van der Waals surface area contributed by atoms with Gasteiger partial charge in [0.25, 0.3) is 0 Å². The van der Waals surface area contributed by atoms with Gasteiger partial charge in [-0.05, 0) is 35.4 Å². The average molecular weight is 316 g/mol. The number of phenolic OH excluding ortho intramolecular Hbond substituents is 4. The first-order valence-electron chi connectivity index (χ1n) is 7.66. The van der Waals surface area contributed by atoms with Crippen molar-refractivity contribution in [3.63, 3.8) is 0 Å². The van der Waals surface area contributed by atoms with Crippen LogP contribution in [0.3, 0.4) is 0 Å². The van der Waals surface area contributed by atoms with Gasteiger partial charge in [-0.15, -0.1) is 0 Å². The van der Waals surface area contributed by atoms with Crippen LogP contribution in [-0.2, 0) is 12.8 Å². The van der Waals surface area contributed by atoms with Crippen LogP contribution in [0.25, 0.3) is 0 Å². The Morgan fingerprint density at radius 2 is 1.57 bits per heavy atom. The average Bonchev–Trinajstić information content (AvgIpc) is 2.48. The Balaban J connectivity index is 2.02. The molecule has 0 aromatic heterocycles. The van der Waals surface area contributed by atoms with Crippen molar-refractivity contribution in [3.8, 4) is 23.0 Å². The number of nitrogens with zero attached hydrogens (tertiary/aromatic N) is 1. The van der Waals surface area contributed by atoms with Gasteiger partial charge in [0.1, 0.15) is 6.04 Å². The van der Waals surface area contributed by atoms with Crippen LogP contribution in [0.2, 0.25) is 0 Å². The lowest BCUT2D eigenvalue weighted by molar-refractivity contribution is -0.923. The number of hydrogen-bond donors (Lipinski definition) is 4. The molecule has 0 fully saturated rings. The lowest BCUT2D eigenvalue weighted by atomic mass is 9.87. The molecule has 0 unspecified atom stereocenters. The molecule has 5 nitrogen and oxygen atoms in total. The molecule has 0 amide bonds. The van der Waals surface area contributed by atoms with Crippen molar-refractivity contribution in [1.29, 1.82) is 0 Å². The molecule has 2 aromatic rings. The Morgan fingerprint density at radius 3 is 2.26 bits per heavy atom. The zero-order valence-electron chi connectivity index (χ0n) is 13.3. The molecule has 3 rings (SSSR count). The van der Waals surface area contributed by atoms with Crippen LogP contribution in [0.4, 0.5) is 0 Å². The summed E-state index contributed by atoms with van der Waals surface area (Å²) in [5, 5.41) is 38.8. The van der Waals surface area contributed by atoms with Gasteiger partial charge in [0, 0.05) is 18.4 Å². The maximum Gasteiger partial charge on any atom is 0.157 e. The van der Waals surface area contributed by atoms with E-state index in [2.05, 4.69) is 14.1 Å². The fourth-order valence-electron chi connectivity index (χ4n) is 3.38. The normalized spacial score (nSPS) is 19.3. The number of likely N-dealkylation sites (N-methyl/N-ethyl adjacent to an activating group) is 1. The number of phenols is 4. The monoisotopic (exact) mass is 316 g/mol. The lowest BCUT2D eigenvalue weighted by Crippen LogP contribution is -2.48. The topological polar surface area (TPSA) is 80.9 Å². The molecule has 1 aliphatic rings. The molecule has 0 saturated heterocycles. The Hall–Kier alpha value is -2.40. The summed E-state index contributed by atoms with van der Waals surface area (Å²) in [7, 11) is 4.27. The maximum absolute atomic E-state index is 9.88. The Kier molecular flexibility index (Phi) is 3.60. The van der Waals surface area contributed by atoms with E-state index in [0.29, 0.717) is 6.42 Å². The second kappa shape index (κ2) is 5.35. The number of hydrogen-bond acceptors (Lipinski definition) is 4. The summed E-state index contributed by atoms with van der Waals surface area (Å²) in [6.45, 7) is 0.923. The van der Waals surface area contributed by atoms with Gasteiger partial charge in [0.05, 0.1) is 20.6 Å². The quantitative estimate of drug-likeness (QED) is 0.507. The fraction of sp³-hybridized carbons (Fsp3) is 0.333. The van der Waals surface area contributed by atoms with Gasteiger partial charge in [0.2, 0.25) is 0 Å². The third-order valence-corrected chi connectivity index (χ3v) is 4.87. The number of rotatable bonds is 2. The summed E-state index contributed by atoms with van der Waals surface area (Å²) in [4.78, 5) is 0. The third kappa shape index (κ3) is 2.80. The van der Waals surface area contributed by atoms with Gasteiger partial charge >= 0.3 is 0 Å². The van der Waals surface area contributed by atoms with Gasteiger partial charge in [-0.25, -0.2) is 0 Å². The summed E-state index contributed by atoms with van der Waals surface area (Å²) in [6, 6.07) is 8.24. The predicted molar refractivity (Wildman–Crippen MR) is 86.7 cm³/mol. The smallest absolute Gasteiger partial charge is 0.157 e. The molecule has 0 bridgehead atoms. The summed E-state index contributed by atoms with van der Waals surface area (Å²) in [5.41, 5.74) is 2.98. The summed E-state index contributed by atoms with van der Waals surface area (Å²) < 4.78 is 0.749. The van der Waals surface area contributed by atoms with E-state index >= 15 is 0 Å². The second-order valence-electron chi connectivity index (χ2n) is 6.83. The summed E-state index contributed by atoms with van der Waals surface area (Å²) >= 11 is 0. The number of benzene rings is 2. The van der Waals surface area contributed by atoms with E-state index < -0.39 is 0 Å². The van der Waals surface area contributed by atoms with E-state index in [1.165, 1.54) is 6.07 Å². The van der Waals surface area contributed by atoms with Crippen molar-refractivity contribution < 1.29 is 24.9 Å². The van der Waals surface area contributed by atoms with Crippen molar-refractivity contribution in [1.82, 2.24) is 0 Å². The van der Waals surface area contributed by atoms with E-state index in [1.54, 1.807) is 24.3 Å². The first-order valence-corrected chi connectivity index (χ1v) is 7.66. The zero-order valence-corrected chi connectivity index (χ0v) is 13.3. The van der Waals surface area contributed by atoms with E-state index in [4.69, 9.17) is 0 Å². The van der Waals surface area contributed by atoms with Crippen LogP contribution in [0.1, 0.15) is 22.7 Å². The molecule has 2 aromatic carbocycles. The van der Waals surface area contributed by atoms with Crippen LogP contribution in [-0.4, -0.2) is 45.5 Å². The molecular weight excluding hydrogens is 294 g/mol. The highest BCUT2D eigenvalue weighted by Gasteiger charge is 2.36. The zero-order chi connectivity index (χ0) is 16.8. The van der Waals surface area contributed by atoms with Crippen molar-refractivity contribution in [2.75, 3.05) is 20.6 Å². The largest absolute Gasteiger partial charge is 0.504 e. The molecule has 0 saturated carbocycles. The summed E-state index contributed by atoms with van der Waals surface area (Å²) in [6.07, 6.45) is 1.51. The molecule has 0 spiro atoms. The van der Waals surface area contributed by atoms with Gasteiger partial charge < -0.3 is 24.9 Å². The minimum Gasteiger partial charge on any atom is -0.504 e. The molecule has 122 valence electrons. The minimum atomic E-state index is -0.130. The highest BCUT2D eigenvalue weighted by molar-refractivity contribution is 5.48. The van der Waals surface area contributed by atoms with Crippen molar-refractivity contribution in [2.24, 2.45) is 0 Å². The van der Waals surface area contributed by atoms with E-state index in [9.17, 15) is 20.4 Å². The molecular formula is C18H22NO4+. The van der Waals surface area contributed by atoms with E-state index in [0.717, 1.165) is 34.1 Å². The van der Waals surface area contributed by atoms with Gasteiger partial charge in [-0.3, -0.25) is 0 Å². The van der Waals surface area contributed by atoms with Crippen LogP contribution >= 0.6 is 0 Å². The SMILES string of the molecule is C[N+]1(C)CCc2cc(O)c(O)cc2[C@@H]1Cc1ccc(O)c(O)c1. The predicted octanol–water partition coefficient (Wildman–Crippen LogP) is 2.43. The Bertz CT molecular complexity index is 755. The fourth-order valence-corrected chi connectivity index (χ4v) is 3.38. The number of fused-ring (bicyclic) bond motifs is 1. The highest BCUT2D eigenvalue weighted by atomic mass is 16.3. The Labute approximate surface area is 135 Å². The summed E-state index contributed by atoms with van der Waals surface area (Å²) in [5.74, 6) is -0.451. The van der Waals surface area contributed by atoms with Crippen LogP contribution in [0.5, 0.6) is 23.0 Å². The second-order valence-corrected chi connectivity index (χ2v) is 6.83. The third-order valence-electron chi connectivity index (χ3n) is 4.87. The first kappa shape index (κ1) is 15.5. The molecule has 0 radical (unpaired) electrons. The van der Waals surface area contributed by atoms with E-state index in [1.807, 2.05) is 0 Å². The van der Waals surface area contributed by atoms with Crippen LogP contribution in [0, 0.1) is 0 Å². The molecule has 1 aliphatic heterocycles. The van der Waals surface area contributed by atoms with Crippen LogP contribution in [0.15, 0.2) is 30.3 Å². The Morgan fingerprint density at radius 1 is 0.913 bits per heavy atom. The molecule has 5 heteroatoms. The van der Waals surface area contributed by atoms with E-state index in [-0.39, 0.29) is 29.0 Å². The highest BCUT2D eigenvalue weighted by Crippen LogP contribution is 2.41. The van der Waals surface area contributed by atoms with Crippen molar-refractivity contribution >= 4 is 0 Å². The molecule has 1 heterocycles.